The second-order valence-corrected chi connectivity index (χ2v) is 8.00. The molecule has 1 aromatic heterocycles. The van der Waals surface area contributed by atoms with Crippen molar-refractivity contribution in [3.8, 4) is 0 Å². The van der Waals surface area contributed by atoms with Gasteiger partial charge in [0.15, 0.2) is 0 Å². The molecule has 2 saturated heterocycles. The highest BCUT2D eigenvalue weighted by Gasteiger charge is 2.53. The Hall–Kier alpha value is -0.845. The Morgan fingerprint density at radius 2 is 1.83 bits per heavy atom. The van der Waals surface area contributed by atoms with E-state index in [0.717, 1.165) is 30.7 Å². The average molecular weight is 320 g/mol. The molecule has 0 saturated carbocycles. The number of aromatic nitrogens is 2. The van der Waals surface area contributed by atoms with E-state index < -0.39 is 7.12 Å². The molecule has 1 atom stereocenters. The van der Waals surface area contributed by atoms with Gasteiger partial charge in [-0.15, -0.1) is 0 Å². The second kappa shape index (κ2) is 5.90. The molecule has 3 heterocycles. The van der Waals surface area contributed by atoms with Gasteiger partial charge in [0.05, 0.1) is 22.5 Å². The molecule has 0 aliphatic carbocycles. The Bertz CT molecular complexity index is 546. The number of ether oxygens (including phenoxy) is 1. The van der Waals surface area contributed by atoms with Gasteiger partial charge in [-0.2, -0.15) is 5.10 Å². The molecule has 6 heteroatoms. The summed E-state index contributed by atoms with van der Waals surface area (Å²) < 4.78 is 20.4. The first-order valence-electron chi connectivity index (χ1n) is 8.78. The second-order valence-electron chi connectivity index (χ2n) is 8.00. The summed E-state index contributed by atoms with van der Waals surface area (Å²) in [5.41, 5.74) is 1.33. The predicted octanol–water partition coefficient (Wildman–Crippen LogP) is 3.00. The molecule has 23 heavy (non-hydrogen) atoms. The first-order valence-corrected chi connectivity index (χ1v) is 8.78. The van der Waals surface area contributed by atoms with Gasteiger partial charge >= 0.3 is 7.12 Å². The molecule has 3 rings (SSSR count). The van der Waals surface area contributed by atoms with Gasteiger partial charge in [-0.05, 0) is 58.9 Å². The highest BCUT2D eigenvalue weighted by molar-refractivity contribution is 6.61. The van der Waals surface area contributed by atoms with Crippen molar-refractivity contribution in [3.63, 3.8) is 0 Å². The molecule has 5 nitrogen and oxygen atoms in total. The van der Waals surface area contributed by atoms with Crippen molar-refractivity contribution < 1.29 is 14.0 Å². The molecular weight excluding hydrogens is 291 g/mol. The molecule has 0 amide bonds. The third-order valence-corrected chi connectivity index (χ3v) is 5.30. The molecule has 2 aliphatic rings. The predicted molar refractivity (Wildman–Crippen MR) is 90.9 cm³/mol. The number of rotatable bonds is 3. The van der Waals surface area contributed by atoms with Crippen LogP contribution in [0.4, 0.5) is 0 Å². The van der Waals surface area contributed by atoms with E-state index in [4.69, 9.17) is 19.1 Å². The Balaban J connectivity index is 1.94. The van der Waals surface area contributed by atoms with Gasteiger partial charge in [-0.3, -0.25) is 0 Å². The monoisotopic (exact) mass is 320 g/mol. The summed E-state index contributed by atoms with van der Waals surface area (Å²) in [4.78, 5) is 0. The van der Waals surface area contributed by atoms with Crippen LogP contribution in [0.5, 0.6) is 0 Å². The van der Waals surface area contributed by atoms with Crippen molar-refractivity contribution in [2.24, 2.45) is 0 Å². The molecule has 0 bridgehead atoms. The van der Waals surface area contributed by atoms with Crippen LogP contribution >= 0.6 is 0 Å². The minimum atomic E-state index is -0.398. The zero-order valence-corrected chi connectivity index (χ0v) is 15.3. The fraction of sp³-hybridized carbons (Fsp3) is 0.824. The average Bonchev–Trinajstić information content (AvgIpc) is 3.00. The standard InChI is InChI=1S/C17H29BN2O3/c1-12(2)13-11-14(18-22-16(3,4)17(5,6)23-18)20(19-13)15-9-7-8-10-21-15/h11-12,15H,7-10H2,1-6H3. The lowest BCUT2D eigenvalue weighted by Gasteiger charge is -2.32. The molecule has 0 N–H and O–H groups in total. The summed E-state index contributed by atoms with van der Waals surface area (Å²) in [6.45, 7) is 13.4. The highest BCUT2D eigenvalue weighted by atomic mass is 16.7. The van der Waals surface area contributed by atoms with Crippen molar-refractivity contribution >= 4 is 12.7 Å². The maximum Gasteiger partial charge on any atom is 0.514 e. The lowest BCUT2D eigenvalue weighted by atomic mass is 9.83. The van der Waals surface area contributed by atoms with Gasteiger partial charge < -0.3 is 14.0 Å². The van der Waals surface area contributed by atoms with Crippen LogP contribution in [-0.4, -0.2) is 34.7 Å². The van der Waals surface area contributed by atoms with E-state index in [-0.39, 0.29) is 17.4 Å². The van der Waals surface area contributed by atoms with E-state index in [1.165, 1.54) is 6.42 Å². The quantitative estimate of drug-likeness (QED) is 0.803. The first kappa shape index (κ1) is 17.0. The van der Waals surface area contributed by atoms with E-state index in [2.05, 4.69) is 47.6 Å². The Morgan fingerprint density at radius 1 is 1.17 bits per heavy atom. The molecule has 0 radical (unpaired) electrons. The van der Waals surface area contributed by atoms with E-state index in [1.807, 2.05) is 4.68 Å². The van der Waals surface area contributed by atoms with Crippen molar-refractivity contribution in [1.82, 2.24) is 9.78 Å². The third kappa shape index (κ3) is 3.09. The summed E-state index contributed by atoms with van der Waals surface area (Å²) in [5.74, 6) is 0.362. The lowest BCUT2D eigenvalue weighted by Crippen LogP contribution is -2.42. The molecule has 0 aromatic carbocycles. The van der Waals surface area contributed by atoms with Crippen molar-refractivity contribution in [1.29, 1.82) is 0 Å². The molecule has 128 valence electrons. The van der Waals surface area contributed by atoms with Crippen LogP contribution in [-0.2, 0) is 14.0 Å². The number of nitrogens with zero attached hydrogens (tertiary/aromatic N) is 2. The maximum absolute atomic E-state index is 6.24. The Morgan fingerprint density at radius 3 is 2.35 bits per heavy atom. The molecule has 2 fully saturated rings. The lowest BCUT2D eigenvalue weighted by molar-refractivity contribution is -0.0382. The largest absolute Gasteiger partial charge is 0.514 e. The van der Waals surface area contributed by atoms with Gasteiger partial charge in [0.25, 0.3) is 0 Å². The minimum Gasteiger partial charge on any atom is -0.398 e. The number of hydrogen-bond acceptors (Lipinski definition) is 4. The van der Waals surface area contributed by atoms with Crippen LogP contribution in [0.15, 0.2) is 6.07 Å². The minimum absolute atomic E-state index is 0.00901. The zero-order valence-electron chi connectivity index (χ0n) is 15.3. The Labute approximate surface area is 139 Å². The zero-order chi connectivity index (χ0) is 16.8. The summed E-state index contributed by atoms with van der Waals surface area (Å²) in [5, 5.41) is 4.81. The van der Waals surface area contributed by atoms with E-state index >= 15 is 0 Å². The van der Waals surface area contributed by atoms with Crippen LogP contribution in [0.1, 0.15) is 78.6 Å². The normalized spacial score (nSPS) is 26.9. The van der Waals surface area contributed by atoms with Crippen LogP contribution in [0.2, 0.25) is 0 Å². The summed E-state index contributed by atoms with van der Waals surface area (Å²) in [6, 6.07) is 2.12. The Kier molecular flexibility index (Phi) is 4.36. The number of hydrogen-bond donors (Lipinski definition) is 0. The highest BCUT2D eigenvalue weighted by Crippen LogP contribution is 2.37. The molecule has 0 spiro atoms. The summed E-state index contributed by atoms with van der Waals surface area (Å²) in [6.07, 6.45) is 3.28. The molecule has 1 aromatic rings. The fourth-order valence-electron chi connectivity index (χ4n) is 3.00. The smallest absolute Gasteiger partial charge is 0.398 e. The van der Waals surface area contributed by atoms with E-state index in [1.54, 1.807) is 0 Å². The van der Waals surface area contributed by atoms with Gasteiger partial charge in [0.1, 0.15) is 6.23 Å². The van der Waals surface area contributed by atoms with Crippen molar-refractivity contribution in [3.05, 3.63) is 11.8 Å². The van der Waals surface area contributed by atoms with Crippen LogP contribution in [0.3, 0.4) is 0 Å². The molecule has 1 unspecified atom stereocenters. The maximum atomic E-state index is 6.24. The van der Waals surface area contributed by atoms with Crippen LogP contribution < -0.4 is 5.59 Å². The fourth-order valence-corrected chi connectivity index (χ4v) is 3.00. The first-order chi connectivity index (χ1) is 10.7. The molecule has 2 aliphatic heterocycles. The van der Waals surface area contributed by atoms with Gasteiger partial charge in [-0.1, -0.05) is 13.8 Å². The van der Waals surface area contributed by atoms with Crippen LogP contribution in [0.25, 0.3) is 0 Å². The topological polar surface area (TPSA) is 45.5 Å². The van der Waals surface area contributed by atoms with Crippen molar-refractivity contribution in [2.45, 2.75) is 84.2 Å². The third-order valence-electron chi connectivity index (χ3n) is 5.30. The van der Waals surface area contributed by atoms with E-state index in [9.17, 15) is 0 Å². The SMILES string of the molecule is CC(C)c1cc(B2OC(C)(C)C(C)(C)O2)n(C2CCCCO2)n1. The molecular formula is C17H29BN2O3. The van der Waals surface area contributed by atoms with E-state index in [0.29, 0.717) is 5.92 Å². The van der Waals surface area contributed by atoms with Crippen molar-refractivity contribution in [2.75, 3.05) is 6.61 Å². The summed E-state index contributed by atoms with van der Waals surface area (Å²) in [7, 11) is -0.398. The summed E-state index contributed by atoms with van der Waals surface area (Å²) >= 11 is 0. The van der Waals surface area contributed by atoms with Crippen LogP contribution in [0, 0.1) is 0 Å². The van der Waals surface area contributed by atoms with Gasteiger partial charge in [0.2, 0.25) is 0 Å². The van der Waals surface area contributed by atoms with Gasteiger partial charge in [-0.25, -0.2) is 4.68 Å². The van der Waals surface area contributed by atoms with Gasteiger partial charge in [0, 0.05) is 6.61 Å².